The van der Waals surface area contributed by atoms with Crippen molar-refractivity contribution in [1.29, 1.82) is 0 Å². The fraction of sp³-hybridized carbons (Fsp3) is 0.500. The first-order chi connectivity index (χ1) is 10.2. The Hall–Kier alpha value is -1.45. The molecule has 1 N–H and O–H groups in total. The van der Waals surface area contributed by atoms with Crippen molar-refractivity contribution in [2.45, 2.75) is 38.2 Å². The average molecular weight is 284 g/mol. The van der Waals surface area contributed by atoms with Crippen LogP contribution in [0.15, 0.2) is 36.5 Å². The lowest BCUT2D eigenvalue weighted by Gasteiger charge is -2.27. The van der Waals surface area contributed by atoms with Crippen molar-refractivity contribution in [2.24, 2.45) is 0 Å². The molecular weight excluding hydrogens is 260 g/mol. The molecule has 21 heavy (non-hydrogen) atoms. The summed E-state index contributed by atoms with van der Waals surface area (Å²) >= 11 is 0. The van der Waals surface area contributed by atoms with E-state index in [0.29, 0.717) is 0 Å². The largest absolute Gasteiger partial charge is 0.385 e. The second-order valence-corrected chi connectivity index (χ2v) is 6.14. The van der Waals surface area contributed by atoms with Gasteiger partial charge >= 0.3 is 0 Å². The number of hydrogen-bond donors (Lipinski definition) is 1. The Morgan fingerprint density at radius 3 is 3.00 bits per heavy atom. The number of hydrogen-bond acceptors (Lipinski definition) is 3. The van der Waals surface area contributed by atoms with E-state index in [9.17, 15) is 5.11 Å². The van der Waals surface area contributed by atoms with Gasteiger partial charge in [-0.1, -0.05) is 25.1 Å². The summed E-state index contributed by atoms with van der Waals surface area (Å²) in [5.41, 5.74) is 1.29. The van der Waals surface area contributed by atoms with Gasteiger partial charge in [0, 0.05) is 18.1 Å². The number of pyridine rings is 1. The molecule has 0 saturated carbocycles. The minimum absolute atomic E-state index is 0.700. The van der Waals surface area contributed by atoms with Crippen molar-refractivity contribution in [3.8, 4) is 0 Å². The molecule has 3 rings (SSSR count). The topological polar surface area (TPSA) is 36.4 Å². The number of aromatic nitrogens is 1. The zero-order valence-electron chi connectivity index (χ0n) is 12.8. The van der Waals surface area contributed by atoms with Crippen LogP contribution in [0.25, 0.3) is 10.9 Å². The lowest BCUT2D eigenvalue weighted by atomic mass is 9.86. The van der Waals surface area contributed by atoms with Crippen molar-refractivity contribution in [3.05, 3.63) is 42.1 Å². The van der Waals surface area contributed by atoms with Crippen LogP contribution in [0.1, 0.15) is 38.2 Å². The van der Waals surface area contributed by atoms with Crippen LogP contribution in [0.5, 0.6) is 0 Å². The molecule has 0 spiro atoms. The van der Waals surface area contributed by atoms with Gasteiger partial charge in [0.05, 0.1) is 11.1 Å². The minimum Gasteiger partial charge on any atom is -0.385 e. The lowest BCUT2D eigenvalue weighted by molar-refractivity contribution is 0.0213. The van der Waals surface area contributed by atoms with Crippen LogP contribution in [0.4, 0.5) is 0 Å². The van der Waals surface area contributed by atoms with Crippen molar-refractivity contribution in [1.82, 2.24) is 9.88 Å². The molecule has 0 bridgehead atoms. The first-order valence-electron chi connectivity index (χ1n) is 8.01. The van der Waals surface area contributed by atoms with Crippen LogP contribution in [0.2, 0.25) is 0 Å². The Balaban J connectivity index is 1.85. The van der Waals surface area contributed by atoms with Gasteiger partial charge in [0.25, 0.3) is 0 Å². The summed E-state index contributed by atoms with van der Waals surface area (Å²) in [6.07, 6.45) is 5.69. The summed E-state index contributed by atoms with van der Waals surface area (Å²) < 4.78 is 0. The number of benzene rings is 1. The van der Waals surface area contributed by atoms with E-state index in [1.165, 1.54) is 6.42 Å². The van der Waals surface area contributed by atoms with Gasteiger partial charge in [0.1, 0.15) is 0 Å². The molecule has 1 aliphatic rings. The summed E-state index contributed by atoms with van der Waals surface area (Å²) in [5, 5.41) is 12.2. The number of fused-ring (bicyclic) bond motifs is 1. The van der Waals surface area contributed by atoms with Crippen molar-refractivity contribution >= 4 is 10.9 Å². The highest BCUT2D eigenvalue weighted by Crippen LogP contribution is 2.34. The minimum atomic E-state index is -0.700. The Kier molecular flexibility index (Phi) is 4.22. The molecule has 1 aromatic heterocycles. The number of likely N-dealkylation sites (tertiary alicyclic amines) is 1. The monoisotopic (exact) mass is 284 g/mol. The Bertz CT molecular complexity index is 613. The third kappa shape index (κ3) is 3.09. The van der Waals surface area contributed by atoms with Crippen LogP contribution in [0, 0.1) is 0 Å². The third-order valence-electron chi connectivity index (χ3n) is 4.59. The molecule has 1 fully saturated rings. The maximum absolute atomic E-state index is 11.1. The van der Waals surface area contributed by atoms with Crippen LogP contribution in [-0.4, -0.2) is 34.6 Å². The van der Waals surface area contributed by atoms with Gasteiger partial charge < -0.3 is 10.0 Å². The van der Waals surface area contributed by atoms with E-state index < -0.39 is 5.60 Å². The van der Waals surface area contributed by atoms with Gasteiger partial charge in [-0.25, -0.2) is 0 Å². The molecule has 1 saturated heterocycles. The standard InChI is InChI=1S/C18H24N2O/c1-2-11-20-12-4-8-18(21,9-13-20)16-7-6-15-5-3-10-19-17(15)14-16/h3,5-7,10,14,21H,2,4,8-9,11-13H2,1H3. The van der Waals surface area contributed by atoms with Gasteiger partial charge in [0.15, 0.2) is 0 Å². The fourth-order valence-electron chi connectivity index (χ4n) is 3.36. The van der Waals surface area contributed by atoms with E-state index in [2.05, 4.69) is 41.1 Å². The summed E-state index contributed by atoms with van der Waals surface area (Å²) in [7, 11) is 0. The molecule has 0 radical (unpaired) electrons. The van der Waals surface area contributed by atoms with Gasteiger partial charge in [0.2, 0.25) is 0 Å². The molecule has 2 heterocycles. The quantitative estimate of drug-likeness (QED) is 0.939. The molecule has 1 aliphatic heterocycles. The van der Waals surface area contributed by atoms with Crippen LogP contribution in [-0.2, 0) is 5.60 Å². The predicted molar refractivity (Wildman–Crippen MR) is 86.2 cm³/mol. The van der Waals surface area contributed by atoms with Crippen molar-refractivity contribution in [3.63, 3.8) is 0 Å². The van der Waals surface area contributed by atoms with E-state index in [4.69, 9.17) is 0 Å². The first kappa shape index (κ1) is 14.5. The Morgan fingerprint density at radius 1 is 1.24 bits per heavy atom. The number of nitrogens with zero attached hydrogens (tertiary/aromatic N) is 2. The molecule has 0 amide bonds. The molecule has 2 aromatic rings. The molecule has 112 valence electrons. The van der Waals surface area contributed by atoms with E-state index >= 15 is 0 Å². The van der Waals surface area contributed by atoms with E-state index in [1.807, 2.05) is 12.3 Å². The molecule has 0 aliphatic carbocycles. The third-order valence-corrected chi connectivity index (χ3v) is 4.59. The van der Waals surface area contributed by atoms with E-state index in [-0.39, 0.29) is 0 Å². The van der Waals surface area contributed by atoms with Gasteiger partial charge in [-0.15, -0.1) is 0 Å². The summed E-state index contributed by atoms with van der Waals surface area (Å²) in [5.74, 6) is 0. The fourth-order valence-corrected chi connectivity index (χ4v) is 3.36. The zero-order chi connectivity index (χ0) is 14.7. The van der Waals surface area contributed by atoms with Crippen LogP contribution in [0.3, 0.4) is 0 Å². The average Bonchev–Trinajstić information content (AvgIpc) is 2.70. The van der Waals surface area contributed by atoms with E-state index in [0.717, 1.165) is 55.4 Å². The molecule has 1 aromatic carbocycles. The van der Waals surface area contributed by atoms with Crippen LogP contribution < -0.4 is 0 Å². The highest BCUT2D eigenvalue weighted by molar-refractivity contribution is 5.79. The number of rotatable bonds is 3. The predicted octanol–water partition coefficient (Wildman–Crippen LogP) is 3.32. The Morgan fingerprint density at radius 2 is 2.14 bits per heavy atom. The summed E-state index contributed by atoms with van der Waals surface area (Å²) in [6, 6.07) is 10.2. The summed E-state index contributed by atoms with van der Waals surface area (Å²) in [6.45, 7) is 5.42. The second kappa shape index (κ2) is 6.12. The zero-order valence-corrected chi connectivity index (χ0v) is 12.8. The SMILES string of the molecule is CCCN1CCCC(O)(c2ccc3cccnc3c2)CC1. The Labute approximate surface area is 126 Å². The highest BCUT2D eigenvalue weighted by atomic mass is 16.3. The highest BCUT2D eigenvalue weighted by Gasteiger charge is 2.31. The molecule has 3 nitrogen and oxygen atoms in total. The first-order valence-corrected chi connectivity index (χ1v) is 8.01. The molecule has 1 atom stereocenters. The van der Waals surface area contributed by atoms with Gasteiger partial charge in [-0.2, -0.15) is 0 Å². The van der Waals surface area contributed by atoms with Crippen LogP contribution >= 0.6 is 0 Å². The van der Waals surface area contributed by atoms with Crippen molar-refractivity contribution in [2.75, 3.05) is 19.6 Å². The molecule has 1 unspecified atom stereocenters. The molecular formula is C18H24N2O. The van der Waals surface area contributed by atoms with Crippen molar-refractivity contribution < 1.29 is 5.11 Å². The lowest BCUT2D eigenvalue weighted by Crippen LogP contribution is -2.29. The van der Waals surface area contributed by atoms with E-state index in [1.54, 1.807) is 0 Å². The maximum Gasteiger partial charge on any atom is 0.0910 e. The smallest absolute Gasteiger partial charge is 0.0910 e. The van der Waals surface area contributed by atoms with Gasteiger partial charge in [-0.3, -0.25) is 4.98 Å². The number of aliphatic hydroxyl groups is 1. The normalized spacial score (nSPS) is 24.1. The molecule has 3 heteroatoms. The second-order valence-electron chi connectivity index (χ2n) is 6.14. The summed E-state index contributed by atoms with van der Waals surface area (Å²) in [4.78, 5) is 6.88. The maximum atomic E-state index is 11.1. The van der Waals surface area contributed by atoms with Gasteiger partial charge in [-0.05, 0) is 56.5 Å².